The predicted octanol–water partition coefficient (Wildman–Crippen LogP) is 2.25. The van der Waals surface area contributed by atoms with Gasteiger partial charge in [-0.1, -0.05) is 6.08 Å². The number of hydrogen-bond acceptors (Lipinski definition) is 1. The molecule has 0 spiro atoms. The van der Waals surface area contributed by atoms with E-state index in [4.69, 9.17) is 0 Å². The van der Waals surface area contributed by atoms with Crippen LogP contribution in [0.3, 0.4) is 0 Å². The van der Waals surface area contributed by atoms with Gasteiger partial charge < -0.3 is 4.90 Å². The normalized spacial score (nSPS) is 11.8. The fourth-order valence-electron chi connectivity index (χ4n) is 0.905. The lowest BCUT2D eigenvalue weighted by molar-refractivity contribution is 0.383. The van der Waals surface area contributed by atoms with E-state index in [1.807, 2.05) is 0 Å². The van der Waals surface area contributed by atoms with E-state index in [0.717, 1.165) is 13.1 Å². The van der Waals surface area contributed by atoms with Crippen molar-refractivity contribution >= 4 is 0 Å². The van der Waals surface area contributed by atoms with Crippen LogP contribution in [0.4, 0.5) is 0 Å². The molecule has 0 unspecified atom stereocenters. The molecule has 0 amide bonds. The average Bonchev–Trinajstić information content (AvgIpc) is 1.90. The molecule has 1 nitrogen and oxygen atoms in total. The van der Waals surface area contributed by atoms with Crippen LogP contribution in [0.15, 0.2) is 11.8 Å². The summed E-state index contributed by atoms with van der Waals surface area (Å²) in [4.78, 5) is 2.33. The first-order valence-electron chi connectivity index (χ1n) is 3.64. The Morgan fingerprint density at radius 2 is 1.78 bits per heavy atom. The van der Waals surface area contributed by atoms with Gasteiger partial charge in [-0.2, -0.15) is 0 Å². The van der Waals surface area contributed by atoms with Crippen molar-refractivity contribution in [3.63, 3.8) is 0 Å². The van der Waals surface area contributed by atoms with E-state index in [1.165, 1.54) is 5.70 Å². The summed E-state index contributed by atoms with van der Waals surface area (Å²) in [6, 6.07) is 0. The van der Waals surface area contributed by atoms with Gasteiger partial charge in [-0.05, 0) is 27.7 Å². The first-order valence-corrected chi connectivity index (χ1v) is 3.64. The summed E-state index contributed by atoms with van der Waals surface area (Å²) in [7, 11) is 0. The molecule has 0 heterocycles. The summed E-state index contributed by atoms with van der Waals surface area (Å²) in [5.74, 6) is 0. The Labute approximate surface area is 58.4 Å². The summed E-state index contributed by atoms with van der Waals surface area (Å²) in [5.41, 5.74) is 1.38. The predicted molar refractivity (Wildman–Crippen MR) is 42.4 cm³/mol. The van der Waals surface area contributed by atoms with Crippen molar-refractivity contribution in [2.75, 3.05) is 13.1 Å². The third kappa shape index (κ3) is 2.54. The summed E-state index contributed by atoms with van der Waals surface area (Å²) in [6.45, 7) is 10.8. The number of hydrogen-bond donors (Lipinski definition) is 0. The Kier molecular flexibility index (Phi) is 4.20. The van der Waals surface area contributed by atoms with Gasteiger partial charge in [0.1, 0.15) is 0 Å². The minimum atomic E-state index is 1.12. The zero-order valence-electron chi connectivity index (χ0n) is 6.94. The van der Waals surface area contributed by atoms with E-state index in [0.29, 0.717) is 0 Å². The Bertz CT molecular complexity index is 90.7. The maximum Gasteiger partial charge on any atom is 0.0146 e. The molecule has 0 atom stereocenters. The summed E-state index contributed by atoms with van der Waals surface area (Å²) >= 11 is 0. The van der Waals surface area contributed by atoms with Crippen LogP contribution in [0.5, 0.6) is 0 Å². The highest BCUT2D eigenvalue weighted by atomic mass is 15.1. The first-order chi connectivity index (χ1) is 4.26. The SMILES string of the molecule is C/C=C(/C)N(CC)CC. The van der Waals surface area contributed by atoms with E-state index in [2.05, 4.69) is 38.7 Å². The van der Waals surface area contributed by atoms with E-state index in [-0.39, 0.29) is 0 Å². The second kappa shape index (κ2) is 4.42. The maximum absolute atomic E-state index is 2.33. The van der Waals surface area contributed by atoms with Gasteiger partial charge in [-0.3, -0.25) is 0 Å². The second-order valence-corrected chi connectivity index (χ2v) is 2.10. The van der Waals surface area contributed by atoms with E-state index < -0.39 is 0 Å². The molecule has 0 saturated heterocycles. The molecular formula is C8H17N. The monoisotopic (exact) mass is 127 g/mol. The lowest BCUT2D eigenvalue weighted by Crippen LogP contribution is -2.20. The van der Waals surface area contributed by atoms with Crippen molar-refractivity contribution < 1.29 is 0 Å². The molecule has 0 N–H and O–H groups in total. The lowest BCUT2D eigenvalue weighted by atomic mass is 10.4. The highest BCUT2D eigenvalue weighted by Crippen LogP contribution is 2.00. The molecule has 0 saturated carbocycles. The van der Waals surface area contributed by atoms with Gasteiger partial charge in [0, 0.05) is 18.8 Å². The standard InChI is InChI=1S/C8H17N/c1-5-8(4)9(6-2)7-3/h5H,6-7H2,1-4H3/b8-5-. The highest BCUT2D eigenvalue weighted by molar-refractivity contribution is 4.93. The third-order valence-electron chi connectivity index (χ3n) is 1.68. The number of allylic oxidation sites excluding steroid dienone is 2. The molecule has 0 aromatic rings. The topological polar surface area (TPSA) is 3.24 Å². The molecule has 0 fully saturated rings. The Morgan fingerprint density at radius 1 is 1.33 bits per heavy atom. The van der Waals surface area contributed by atoms with Gasteiger partial charge in [-0.15, -0.1) is 0 Å². The van der Waals surface area contributed by atoms with Gasteiger partial charge in [-0.25, -0.2) is 0 Å². The summed E-state index contributed by atoms with van der Waals surface area (Å²) < 4.78 is 0. The molecule has 54 valence electrons. The molecule has 0 aromatic heterocycles. The Morgan fingerprint density at radius 3 is 1.89 bits per heavy atom. The second-order valence-electron chi connectivity index (χ2n) is 2.10. The Hall–Kier alpha value is -0.460. The van der Waals surface area contributed by atoms with Crippen LogP contribution in [-0.4, -0.2) is 18.0 Å². The zero-order chi connectivity index (χ0) is 7.28. The molecule has 0 bridgehead atoms. The zero-order valence-corrected chi connectivity index (χ0v) is 6.94. The van der Waals surface area contributed by atoms with Crippen molar-refractivity contribution in [2.45, 2.75) is 27.7 Å². The summed E-state index contributed by atoms with van der Waals surface area (Å²) in [5, 5.41) is 0. The van der Waals surface area contributed by atoms with Crippen LogP contribution < -0.4 is 0 Å². The fraction of sp³-hybridized carbons (Fsp3) is 0.750. The maximum atomic E-state index is 2.33. The van der Waals surface area contributed by atoms with E-state index in [1.54, 1.807) is 0 Å². The first kappa shape index (κ1) is 8.54. The van der Waals surface area contributed by atoms with Crippen LogP contribution in [0.2, 0.25) is 0 Å². The quantitative estimate of drug-likeness (QED) is 0.562. The van der Waals surface area contributed by atoms with Crippen LogP contribution in [0.25, 0.3) is 0 Å². The van der Waals surface area contributed by atoms with Crippen LogP contribution in [0.1, 0.15) is 27.7 Å². The van der Waals surface area contributed by atoms with Gasteiger partial charge in [0.05, 0.1) is 0 Å². The van der Waals surface area contributed by atoms with Gasteiger partial charge >= 0.3 is 0 Å². The molecule has 9 heavy (non-hydrogen) atoms. The average molecular weight is 127 g/mol. The van der Waals surface area contributed by atoms with E-state index in [9.17, 15) is 0 Å². The van der Waals surface area contributed by atoms with Crippen molar-refractivity contribution in [1.29, 1.82) is 0 Å². The molecule has 0 rings (SSSR count). The van der Waals surface area contributed by atoms with Crippen LogP contribution in [-0.2, 0) is 0 Å². The lowest BCUT2D eigenvalue weighted by Gasteiger charge is -2.20. The molecule has 0 aromatic carbocycles. The third-order valence-corrected chi connectivity index (χ3v) is 1.68. The fourth-order valence-corrected chi connectivity index (χ4v) is 0.905. The van der Waals surface area contributed by atoms with Crippen LogP contribution in [0, 0.1) is 0 Å². The molecule has 1 heteroatoms. The highest BCUT2D eigenvalue weighted by Gasteiger charge is 1.95. The molecule has 0 aliphatic carbocycles. The Balaban J connectivity index is 3.79. The van der Waals surface area contributed by atoms with Crippen molar-refractivity contribution in [1.82, 2.24) is 4.90 Å². The minimum absolute atomic E-state index is 1.12. The van der Waals surface area contributed by atoms with Crippen LogP contribution >= 0.6 is 0 Å². The summed E-state index contributed by atoms with van der Waals surface area (Å²) in [6.07, 6.45) is 2.15. The minimum Gasteiger partial charge on any atom is -0.376 e. The number of nitrogens with zero attached hydrogens (tertiary/aromatic N) is 1. The molecule has 0 aliphatic heterocycles. The van der Waals surface area contributed by atoms with Crippen molar-refractivity contribution in [3.05, 3.63) is 11.8 Å². The molecular weight excluding hydrogens is 110 g/mol. The van der Waals surface area contributed by atoms with Crippen molar-refractivity contribution in [2.24, 2.45) is 0 Å². The van der Waals surface area contributed by atoms with Gasteiger partial charge in [0.2, 0.25) is 0 Å². The van der Waals surface area contributed by atoms with Gasteiger partial charge in [0.25, 0.3) is 0 Å². The van der Waals surface area contributed by atoms with Crippen molar-refractivity contribution in [3.8, 4) is 0 Å². The molecule has 0 aliphatic rings. The largest absolute Gasteiger partial charge is 0.376 e. The molecule has 0 radical (unpaired) electrons. The van der Waals surface area contributed by atoms with Gasteiger partial charge in [0.15, 0.2) is 0 Å². The number of rotatable bonds is 3. The smallest absolute Gasteiger partial charge is 0.0146 e. The van der Waals surface area contributed by atoms with E-state index >= 15 is 0 Å².